The largest absolute Gasteiger partial charge is 0.423 e. The molecular weight excluding hydrogens is 283 g/mol. The normalized spacial score (nSPS) is 13.3. The van der Waals surface area contributed by atoms with Gasteiger partial charge in [-0.15, -0.1) is 11.8 Å². The minimum atomic E-state index is -4.76. The van der Waals surface area contributed by atoms with Gasteiger partial charge in [0.05, 0.1) is 4.92 Å². The van der Waals surface area contributed by atoms with Gasteiger partial charge in [0.15, 0.2) is 0 Å². The number of benzene rings is 1. The first-order valence-electron chi connectivity index (χ1n) is 5.39. The van der Waals surface area contributed by atoms with E-state index in [4.69, 9.17) is 5.11 Å². The molecule has 1 unspecified atom stereocenters. The lowest BCUT2D eigenvalue weighted by molar-refractivity contribution is -0.388. The lowest BCUT2D eigenvalue weighted by Crippen LogP contribution is -2.09. The molecule has 1 aromatic rings. The van der Waals surface area contributed by atoms with Crippen molar-refractivity contribution < 1.29 is 23.2 Å². The van der Waals surface area contributed by atoms with Crippen molar-refractivity contribution in [3.63, 3.8) is 0 Å². The van der Waals surface area contributed by atoms with Crippen LogP contribution in [-0.2, 0) is 6.18 Å². The fraction of sp³-hybridized carbons (Fsp3) is 0.455. The maximum absolute atomic E-state index is 12.7. The molecule has 106 valence electrons. The molecule has 1 aromatic carbocycles. The molecule has 0 heterocycles. The third-order valence-corrected chi connectivity index (χ3v) is 3.51. The van der Waals surface area contributed by atoms with Crippen LogP contribution in [0.15, 0.2) is 23.1 Å². The number of hydrogen-bond acceptors (Lipinski definition) is 4. The Morgan fingerprint density at radius 2 is 2.11 bits per heavy atom. The van der Waals surface area contributed by atoms with E-state index in [0.29, 0.717) is 11.3 Å². The quantitative estimate of drug-likeness (QED) is 0.513. The molecule has 0 saturated carbocycles. The number of thioether (sulfide) groups is 1. The van der Waals surface area contributed by atoms with Crippen molar-refractivity contribution in [1.29, 1.82) is 0 Å². The molecule has 19 heavy (non-hydrogen) atoms. The highest BCUT2D eigenvalue weighted by Crippen LogP contribution is 2.39. The first-order valence-corrected chi connectivity index (χ1v) is 6.27. The Balaban J connectivity index is 3.09. The first-order chi connectivity index (χ1) is 8.75. The molecule has 0 aliphatic carbocycles. The second kappa shape index (κ2) is 6.25. The number of nitro benzene ring substituents is 1. The summed E-state index contributed by atoms with van der Waals surface area (Å²) in [5.74, 6) is 0. The maximum atomic E-state index is 12.7. The Bertz CT molecular complexity index is 465. The van der Waals surface area contributed by atoms with Gasteiger partial charge < -0.3 is 5.11 Å². The van der Waals surface area contributed by atoms with E-state index in [1.807, 2.05) is 0 Å². The molecule has 0 spiro atoms. The van der Waals surface area contributed by atoms with Crippen LogP contribution in [0, 0.1) is 10.1 Å². The van der Waals surface area contributed by atoms with Crippen LogP contribution in [0.2, 0.25) is 0 Å². The molecule has 1 rings (SSSR count). The average molecular weight is 295 g/mol. The molecule has 0 aliphatic rings. The van der Waals surface area contributed by atoms with E-state index < -0.39 is 22.4 Å². The van der Waals surface area contributed by atoms with Gasteiger partial charge in [-0.2, -0.15) is 13.2 Å². The van der Waals surface area contributed by atoms with Gasteiger partial charge in [0, 0.05) is 22.8 Å². The smallest absolute Gasteiger partial charge is 0.396 e. The first kappa shape index (κ1) is 15.8. The Morgan fingerprint density at radius 1 is 1.47 bits per heavy atom. The maximum Gasteiger partial charge on any atom is 0.423 e. The van der Waals surface area contributed by atoms with Gasteiger partial charge in [-0.1, -0.05) is 6.92 Å². The van der Waals surface area contributed by atoms with Crippen molar-refractivity contribution in [2.24, 2.45) is 0 Å². The summed E-state index contributed by atoms with van der Waals surface area (Å²) in [7, 11) is 0. The lowest BCUT2D eigenvalue weighted by atomic mass is 10.2. The summed E-state index contributed by atoms with van der Waals surface area (Å²) < 4.78 is 38.2. The van der Waals surface area contributed by atoms with Crippen LogP contribution in [0.1, 0.15) is 18.9 Å². The number of halogens is 3. The van der Waals surface area contributed by atoms with Gasteiger partial charge in [-0.25, -0.2) is 0 Å². The van der Waals surface area contributed by atoms with Crippen molar-refractivity contribution >= 4 is 17.4 Å². The van der Waals surface area contributed by atoms with Crippen molar-refractivity contribution in [3.8, 4) is 0 Å². The van der Waals surface area contributed by atoms with E-state index in [1.54, 1.807) is 6.92 Å². The van der Waals surface area contributed by atoms with Crippen LogP contribution in [0.3, 0.4) is 0 Å². The van der Waals surface area contributed by atoms with E-state index in [9.17, 15) is 23.3 Å². The van der Waals surface area contributed by atoms with Gasteiger partial charge in [0.2, 0.25) is 0 Å². The van der Waals surface area contributed by atoms with Crippen LogP contribution >= 0.6 is 11.8 Å². The van der Waals surface area contributed by atoms with Crippen molar-refractivity contribution in [2.75, 3.05) is 6.61 Å². The van der Waals surface area contributed by atoms with Crippen LogP contribution in [0.25, 0.3) is 0 Å². The predicted octanol–water partition coefficient (Wildman–Crippen LogP) is 3.48. The van der Waals surface area contributed by atoms with E-state index in [0.717, 1.165) is 23.9 Å². The SMILES string of the molecule is CC(CCO)Sc1ccc([N+](=O)[O-])c(C(F)(F)F)c1. The minimum Gasteiger partial charge on any atom is -0.396 e. The molecular formula is C11H12F3NO3S. The molecule has 4 nitrogen and oxygen atoms in total. The fourth-order valence-electron chi connectivity index (χ4n) is 1.45. The number of aliphatic hydroxyl groups excluding tert-OH is 1. The van der Waals surface area contributed by atoms with Crippen LogP contribution in [-0.4, -0.2) is 21.9 Å². The summed E-state index contributed by atoms with van der Waals surface area (Å²) in [6.07, 6.45) is -4.33. The molecule has 0 amide bonds. The number of rotatable bonds is 5. The summed E-state index contributed by atoms with van der Waals surface area (Å²) in [6, 6.07) is 2.92. The highest BCUT2D eigenvalue weighted by Gasteiger charge is 2.38. The molecule has 8 heteroatoms. The summed E-state index contributed by atoms with van der Waals surface area (Å²) in [6.45, 7) is 1.70. The van der Waals surface area contributed by atoms with Crippen LogP contribution in [0.4, 0.5) is 18.9 Å². The summed E-state index contributed by atoms with van der Waals surface area (Å²) in [4.78, 5) is 9.81. The Hall–Kier alpha value is -1.28. The molecule has 0 saturated heterocycles. The topological polar surface area (TPSA) is 63.4 Å². The van der Waals surface area contributed by atoms with Crippen LogP contribution in [0.5, 0.6) is 0 Å². The van der Waals surface area contributed by atoms with Crippen molar-refractivity contribution in [1.82, 2.24) is 0 Å². The Kier molecular flexibility index (Phi) is 5.19. The summed E-state index contributed by atoms with van der Waals surface area (Å²) >= 11 is 1.14. The van der Waals surface area contributed by atoms with E-state index >= 15 is 0 Å². The zero-order valence-electron chi connectivity index (χ0n) is 9.98. The third kappa shape index (κ3) is 4.39. The molecule has 0 fully saturated rings. The molecule has 1 atom stereocenters. The highest BCUT2D eigenvalue weighted by atomic mass is 32.2. The van der Waals surface area contributed by atoms with Crippen LogP contribution < -0.4 is 0 Å². The molecule has 0 aromatic heterocycles. The zero-order chi connectivity index (χ0) is 14.6. The number of aliphatic hydroxyl groups is 1. The molecule has 0 radical (unpaired) electrons. The minimum absolute atomic E-state index is 0.0622. The Morgan fingerprint density at radius 3 is 2.58 bits per heavy atom. The standard InChI is InChI=1S/C11H12F3NO3S/c1-7(4-5-16)19-8-2-3-10(15(17)18)9(6-8)11(12,13)14/h2-3,6-7,16H,4-5H2,1H3. The molecule has 0 aliphatic heterocycles. The third-order valence-electron chi connectivity index (χ3n) is 2.34. The molecule has 1 N–H and O–H groups in total. The summed E-state index contributed by atoms with van der Waals surface area (Å²) in [5, 5.41) is 19.2. The molecule has 0 bridgehead atoms. The van der Waals surface area contributed by atoms with Gasteiger partial charge >= 0.3 is 6.18 Å². The summed E-state index contributed by atoms with van der Waals surface area (Å²) in [5.41, 5.74) is -2.20. The second-order valence-electron chi connectivity index (χ2n) is 3.87. The number of nitro groups is 1. The monoisotopic (exact) mass is 295 g/mol. The fourth-order valence-corrected chi connectivity index (χ4v) is 2.47. The van der Waals surface area contributed by atoms with E-state index in [2.05, 4.69) is 0 Å². The van der Waals surface area contributed by atoms with Gasteiger partial charge in [0.25, 0.3) is 5.69 Å². The predicted molar refractivity (Wildman–Crippen MR) is 65.1 cm³/mol. The van der Waals surface area contributed by atoms with Gasteiger partial charge in [-0.05, 0) is 18.6 Å². The number of hydrogen-bond donors (Lipinski definition) is 1. The van der Waals surface area contributed by atoms with Crippen molar-refractivity contribution in [3.05, 3.63) is 33.9 Å². The van der Waals surface area contributed by atoms with Gasteiger partial charge in [0.1, 0.15) is 5.56 Å². The van der Waals surface area contributed by atoms with Crippen molar-refractivity contribution in [2.45, 2.75) is 29.7 Å². The number of nitrogens with zero attached hydrogens (tertiary/aromatic N) is 1. The van der Waals surface area contributed by atoms with Gasteiger partial charge in [-0.3, -0.25) is 10.1 Å². The Labute approximate surface area is 111 Å². The second-order valence-corrected chi connectivity index (χ2v) is 5.39. The lowest BCUT2D eigenvalue weighted by Gasteiger charge is -2.12. The van der Waals surface area contributed by atoms with E-state index in [-0.39, 0.29) is 11.9 Å². The number of alkyl halides is 3. The highest BCUT2D eigenvalue weighted by molar-refractivity contribution is 7.99. The zero-order valence-corrected chi connectivity index (χ0v) is 10.8. The van der Waals surface area contributed by atoms with E-state index in [1.165, 1.54) is 6.07 Å². The average Bonchev–Trinajstić information content (AvgIpc) is 2.27.